The third-order valence-electron chi connectivity index (χ3n) is 0.363. The molecule has 1 unspecified atom stereocenters. The van der Waals surface area contributed by atoms with Gasteiger partial charge >= 0.3 is 11.4 Å². The zero-order valence-electron chi connectivity index (χ0n) is 4.60. The zero-order valence-corrected chi connectivity index (χ0v) is 6.24. The van der Waals surface area contributed by atoms with Gasteiger partial charge in [-0.05, 0) is 0 Å². The van der Waals surface area contributed by atoms with Crippen LogP contribution in [0.25, 0.3) is 0 Å². The summed E-state index contributed by atoms with van der Waals surface area (Å²) in [5, 5.41) is 0. The van der Waals surface area contributed by atoms with Crippen molar-refractivity contribution in [3.63, 3.8) is 0 Å². The molecular formula is C2H6O5S2. The second kappa shape index (κ2) is 3.25. The van der Waals surface area contributed by atoms with Crippen molar-refractivity contribution < 1.29 is 21.4 Å². The molecule has 0 saturated heterocycles. The Labute approximate surface area is 55.4 Å². The van der Waals surface area contributed by atoms with E-state index in [1.807, 2.05) is 0 Å². The van der Waals surface area contributed by atoms with E-state index >= 15 is 0 Å². The molecule has 0 aromatic carbocycles. The van der Waals surface area contributed by atoms with Gasteiger partial charge in [0.15, 0.2) is 15.8 Å². The summed E-state index contributed by atoms with van der Waals surface area (Å²) in [7, 11) is -3.29. The number of rotatable bonds is 3. The predicted molar refractivity (Wildman–Crippen MR) is 31.6 cm³/mol. The fraction of sp³-hybridized carbons (Fsp3) is 1.00. The highest BCUT2D eigenvalue weighted by Crippen LogP contribution is 1.85. The highest BCUT2D eigenvalue weighted by atomic mass is 32.2. The van der Waals surface area contributed by atoms with E-state index in [1.54, 1.807) is 0 Å². The van der Waals surface area contributed by atoms with Crippen LogP contribution in [-0.2, 0) is 25.4 Å². The maximum atomic E-state index is 10.2. The Hall–Kier alpha value is 0.0200. The summed E-state index contributed by atoms with van der Waals surface area (Å²) in [6.45, 7) is 0. The maximum Gasteiger partial charge on any atom is 0.302 e. The molecule has 0 bridgehead atoms. The van der Waals surface area contributed by atoms with Crippen LogP contribution in [-0.4, -0.2) is 29.4 Å². The van der Waals surface area contributed by atoms with Crippen LogP contribution in [0.1, 0.15) is 0 Å². The number of sulfone groups is 1. The summed E-state index contributed by atoms with van der Waals surface area (Å²) in [5.74, 6) is -0.726. The molecule has 1 atom stereocenters. The molecule has 0 heterocycles. The Morgan fingerprint density at radius 1 is 1.67 bits per heavy atom. The topological polar surface area (TPSA) is 80.7 Å². The molecule has 0 aromatic heterocycles. The molecular weight excluding hydrogens is 168 g/mol. The molecule has 7 heteroatoms. The first kappa shape index (κ1) is 9.02. The first-order valence-corrected chi connectivity index (χ1v) is 4.93. The van der Waals surface area contributed by atoms with Crippen LogP contribution >= 0.6 is 0 Å². The summed E-state index contributed by atoms with van der Waals surface area (Å²) in [4.78, 5) is 0. The summed E-state index contributed by atoms with van der Waals surface area (Å²) < 4.78 is 41.7. The van der Waals surface area contributed by atoms with Crippen molar-refractivity contribution in [2.45, 2.75) is 0 Å². The van der Waals surface area contributed by atoms with Gasteiger partial charge in [-0.2, -0.15) is 4.21 Å². The Bertz CT molecular complexity index is 191. The summed E-state index contributed by atoms with van der Waals surface area (Å²) in [5.41, 5.74) is 0. The van der Waals surface area contributed by atoms with Gasteiger partial charge in [0.25, 0.3) is 0 Å². The summed E-state index contributed by atoms with van der Waals surface area (Å²) in [6.07, 6.45) is 0.903. The van der Waals surface area contributed by atoms with E-state index in [2.05, 4.69) is 4.18 Å². The predicted octanol–water partition coefficient (Wildman–Crippen LogP) is -0.858. The molecule has 56 valence electrons. The maximum absolute atomic E-state index is 10.2. The molecule has 1 N–H and O–H groups in total. The van der Waals surface area contributed by atoms with Gasteiger partial charge in [0.1, 0.15) is 0 Å². The van der Waals surface area contributed by atoms with Gasteiger partial charge in [-0.1, -0.05) is 0 Å². The van der Waals surface area contributed by atoms with Crippen LogP contribution < -0.4 is 0 Å². The minimum absolute atomic E-state index is 0.726. The number of hydrogen-bond acceptors (Lipinski definition) is 4. The monoisotopic (exact) mass is 174 g/mol. The Morgan fingerprint density at radius 2 is 2.11 bits per heavy atom. The van der Waals surface area contributed by atoms with E-state index in [4.69, 9.17) is 4.55 Å². The van der Waals surface area contributed by atoms with E-state index in [1.165, 1.54) is 0 Å². The molecule has 0 fully saturated rings. The SMILES string of the molecule is CS(=O)(=O)COS(=O)O. The number of hydrogen-bond donors (Lipinski definition) is 1. The third kappa shape index (κ3) is 8.02. The van der Waals surface area contributed by atoms with Gasteiger partial charge in [0.2, 0.25) is 0 Å². The average molecular weight is 174 g/mol. The standard InChI is InChI=1S/C2H6O5S2/c1-9(5,6)2-7-8(3)4/h2H2,1H3,(H,3,4). The van der Waals surface area contributed by atoms with Crippen LogP contribution in [0, 0.1) is 0 Å². The molecule has 0 aliphatic heterocycles. The van der Waals surface area contributed by atoms with Crippen molar-refractivity contribution >= 4 is 21.2 Å². The fourth-order valence-corrected chi connectivity index (χ4v) is 1.16. The first-order chi connectivity index (χ1) is 3.92. The van der Waals surface area contributed by atoms with Gasteiger partial charge in [-0.15, -0.1) is 0 Å². The molecule has 0 saturated carbocycles. The molecule has 0 radical (unpaired) electrons. The molecule has 0 rings (SSSR count). The van der Waals surface area contributed by atoms with Crippen LogP contribution in [0.2, 0.25) is 0 Å². The van der Waals surface area contributed by atoms with Crippen LogP contribution in [0.3, 0.4) is 0 Å². The molecule has 0 aromatic rings. The smallest absolute Gasteiger partial charge is 0.284 e. The molecule has 9 heavy (non-hydrogen) atoms. The molecule has 0 aliphatic rings. The van der Waals surface area contributed by atoms with E-state index in [0.717, 1.165) is 6.26 Å². The summed E-state index contributed by atoms with van der Waals surface area (Å²) >= 11 is -2.49. The van der Waals surface area contributed by atoms with E-state index < -0.39 is 27.1 Å². The second-order valence-electron chi connectivity index (χ2n) is 1.38. The largest absolute Gasteiger partial charge is 0.302 e. The first-order valence-electron chi connectivity index (χ1n) is 1.83. The zero-order chi connectivity index (χ0) is 7.49. The quantitative estimate of drug-likeness (QED) is 0.563. The van der Waals surface area contributed by atoms with Crippen molar-refractivity contribution in [1.29, 1.82) is 0 Å². The van der Waals surface area contributed by atoms with Crippen molar-refractivity contribution in [2.75, 3.05) is 12.2 Å². The Morgan fingerprint density at radius 3 is 2.22 bits per heavy atom. The van der Waals surface area contributed by atoms with Gasteiger partial charge in [0.05, 0.1) is 0 Å². The van der Waals surface area contributed by atoms with Gasteiger partial charge in [-0.25, -0.2) is 8.42 Å². The van der Waals surface area contributed by atoms with Crippen LogP contribution in [0.4, 0.5) is 0 Å². The normalized spacial score (nSPS) is 15.3. The van der Waals surface area contributed by atoms with Gasteiger partial charge in [-0.3, -0.25) is 8.74 Å². The average Bonchev–Trinajstić information content (AvgIpc) is 1.59. The lowest BCUT2D eigenvalue weighted by molar-refractivity contribution is 0.354. The fourth-order valence-electron chi connectivity index (χ4n) is 0.129. The van der Waals surface area contributed by atoms with E-state index in [0.29, 0.717) is 0 Å². The lowest BCUT2D eigenvalue weighted by Crippen LogP contribution is -2.08. The summed E-state index contributed by atoms with van der Waals surface area (Å²) in [6, 6.07) is 0. The lowest BCUT2D eigenvalue weighted by Gasteiger charge is -1.92. The van der Waals surface area contributed by atoms with Crippen molar-refractivity contribution in [1.82, 2.24) is 0 Å². The Balaban J connectivity index is 3.67. The van der Waals surface area contributed by atoms with Crippen molar-refractivity contribution in [2.24, 2.45) is 0 Å². The third-order valence-corrected chi connectivity index (χ3v) is 1.38. The minimum atomic E-state index is -3.29. The van der Waals surface area contributed by atoms with Gasteiger partial charge < -0.3 is 0 Å². The molecule has 0 aliphatic carbocycles. The van der Waals surface area contributed by atoms with E-state index in [-0.39, 0.29) is 0 Å². The van der Waals surface area contributed by atoms with E-state index in [9.17, 15) is 12.6 Å². The Kier molecular flexibility index (Phi) is 3.26. The van der Waals surface area contributed by atoms with Crippen molar-refractivity contribution in [3.8, 4) is 0 Å². The van der Waals surface area contributed by atoms with Gasteiger partial charge in [0, 0.05) is 6.26 Å². The van der Waals surface area contributed by atoms with Crippen molar-refractivity contribution in [3.05, 3.63) is 0 Å². The van der Waals surface area contributed by atoms with Crippen LogP contribution in [0.5, 0.6) is 0 Å². The second-order valence-corrected chi connectivity index (χ2v) is 4.14. The lowest BCUT2D eigenvalue weighted by atomic mass is 11.7. The highest BCUT2D eigenvalue weighted by Gasteiger charge is 2.03. The van der Waals surface area contributed by atoms with Crippen LogP contribution in [0.15, 0.2) is 0 Å². The molecule has 5 nitrogen and oxygen atoms in total. The molecule has 0 amide bonds. The highest BCUT2D eigenvalue weighted by molar-refractivity contribution is 7.91. The molecule has 0 spiro atoms. The minimum Gasteiger partial charge on any atom is -0.284 e.